The summed E-state index contributed by atoms with van der Waals surface area (Å²) < 4.78 is 27.3. The van der Waals surface area contributed by atoms with Crippen molar-refractivity contribution in [2.45, 2.75) is 6.10 Å². The van der Waals surface area contributed by atoms with Crippen LogP contribution < -0.4 is 18.9 Å². The van der Waals surface area contributed by atoms with Crippen LogP contribution in [0.25, 0.3) is 0 Å². The Hall–Kier alpha value is -2.77. The van der Waals surface area contributed by atoms with Crippen LogP contribution in [0.1, 0.15) is 22.0 Å². The van der Waals surface area contributed by atoms with Gasteiger partial charge in [0, 0.05) is 18.1 Å². The van der Waals surface area contributed by atoms with Gasteiger partial charge in [0.15, 0.2) is 28.8 Å². The number of carbonyl (C=O) groups is 1. The molecule has 0 radical (unpaired) electrons. The Morgan fingerprint density at radius 3 is 2.33 bits per heavy atom. The third-order valence-corrected chi connectivity index (χ3v) is 5.29. The number of aliphatic hydroxyl groups is 1. The molecule has 0 bridgehead atoms. The van der Waals surface area contributed by atoms with Crippen molar-refractivity contribution in [3.8, 4) is 23.0 Å². The molecule has 0 amide bonds. The fraction of sp³-hybridized carbons (Fsp3) is 0.350. The number of rotatable bonds is 4. The van der Waals surface area contributed by atoms with Crippen LogP contribution in [0.15, 0.2) is 36.4 Å². The number of ether oxygens (including phenoxy) is 5. The van der Waals surface area contributed by atoms with E-state index >= 15 is 0 Å². The van der Waals surface area contributed by atoms with Crippen LogP contribution in [0.4, 0.5) is 0 Å². The van der Waals surface area contributed by atoms with E-state index in [1.807, 2.05) is 18.2 Å². The summed E-state index contributed by atoms with van der Waals surface area (Å²) in [6.45, 7) is 0.446. The van der Waals surface area contributed by atoms with E-state index in [4.69, 9.17) is 23.7 Å². The van der Waals surface area contributed by atoms with Gasteiger partial charge in [-0.05, 0) is 35.9 Å². The highest BCUT2D eigenvalue weighted by Gasteiger charge is 2.42. The monoisotopic (exact) mass is 370 g/mol. The van der Waals surface area contributed by atoms with Gasteiger partial charge in [0.05, 0.1) is 18.6 Å². The zero-order valence-corrected chi connectivity index (χ0v) is 14.4. The van der Waals surface area contributed by atoms with Gasteiger partial charge in [0.25, 0.3) is 0 Å². The molecule has 0 saturated carbocycles. The predicted octanol–water partition coefficient (Wildman–Crippen LogP) is 2.32. The van der Waals surface area contributed by atoms with Crippen molar-refractivity contribution in [3.05, 3.63) is 47.5 Å². The first kappa shape index (κ1) is 16.4. The van der Waals surface area contributed by atoms with E-state index in [2.05, 4.69) is 0 Å². The molecule has 3 aliphatic rings. The second kappa shape index (κ2) is 6.44. The van der Waals surface area contributed by atoms with Crippen LogP contribution in [-0.4, -0.2) is 37.7 Å². The summed E-state index contributed by atoms with van der Waals surface area (Å²) in [6.07, 6.45) is -0.382. The fourth-order valence-electron chi connectivity index (χ4n) is 3.86. The normalized spacial score (nSPS) is 25.0. The SMILES string of the molecule is O=C(c1ccc2c(c1)OCO2)[C@H]1CO[C@@H](c2ccc3c(c2)OCO3)[C@H]1CO. The van der Waals surface area contributed by atoms with Crippen LogP contribution in [-0.2, 0) is 4.74 Å². The van der Waals surface area contributed by atoms with Crippen LogP contribution in [0.2, 0.25) is 0 Å². The van der Waals surface area contributed by atoms with Crippen LogP contribution in [0.5, 0.6) is 23.0 Å². The zero-order valence-electron chi connectivity index (χ0n) is 14.4. The van der Waals surface area contributed by atoms with E-state index in [1.54, 1.807) is 18.2 Å². The Morgan fingerprint density at radius 2 is 1.59 bits per heavy atom. The molecule has 5 rings (SSSR count). The Balaban J connectivity index is 1.40. The molecule has 3 aliphatic heterocycles. The first-order chi connectivity index (χ1) is 13.2. The largest absolute Gasteiger partial charge is 0.454 e. The molecule has 0 aliphatic carbocycles. The Kier molecular flexibility index (Phi) is 3.91. The summed E-state index contributed by atoms with van der Waals surface area (Å²) in [5.41, 5.74) is 1.39. The number of Topliss-reactive ketones (excluding diaryl/α,β-unsaturated/α-hetero) is 1. The van der Waals surface area contributed by atoms with E-state index in [0.29, 0.717) is 28.6 Å². The maximum atomic E-state index is 13.0. The minimum absolute atomic E-state index is 0.0735. The first-order valence-corrected chi connectivity index (χ1v) is 8.80. The number of aliphatic hydroxyl groups excluding tert-OH is 1. The van der Waals surface area contributed by atoms with E-state index in [-0.39, 0.29) is 44.6 Å². The van der Waals surface area contributed by atoms with E-state index in [9.17, 15) is 9.90 Å². The van der Waals surface area contributed by atoms with Crippen LogP contribution in [0.3, 0.4) is 0 Å². The van der Waals surface area contributed by atoms with Crippen molar-refractivity contribution in [2.24, 2.45) is 11.8 Å². The topological polar surface area (TPSA) is 83.5 Å². The summed E-state index contributed by atoms with van der Waals surface area (Å²) in [7, 11) is 0. The number of hydrogen-bond acceptors (Lipinski definition) is 7. The minimum atomic E-state index is -0.439. The Bertz CT molecular complexity index is 894. The Morgan fingerprint density at radius 1 is 0.926 bits per heavy atom. The van der Waals surface area contributed by atoms with E-state index < -0.39 is 5.92 Å². The second-order valence-corrected chi connectivity index (χ2v) is 6.75. The minimum Gasteiger partial charge on any atom is -0.454 e. The van der Waals surface area contributed by atoms with Gasteiger partial charge in [0.2, 0.25) is 13.6 Å². The molecule has 140 valence electrons. The fourth-order valence-corrected chi connectivity index (χ4v) is 3.86. The highest BCUT2D eigenvalue weighted by molar-refractivity contribution is 5.99. The van der Waals surface area contributed by atoms with Gasteiger partial charge in [-0.15, -0.1) is 0 Å². The maximum absolute atomic E-state index is 13.0. The van der Waals surface area contributed by atoms with Gasteiger partial charge in [-0.2, -0.15) is 0 Å². The van der Waals surface area contributed by atoms with Crippen molar-refractivity contribution in [1.82, 2.24) is 0 Å². The summed E-state index contributed by atoms with van der Waals surface area (Å²) in [5.74, 6) is 1.67. The lowest BCUT2D eigenvalue weighted by Gasteiger charge is -2.20. The molecule has 1 saturated heterocycles. The van der Waals surface area contributed by atoms with Crippen molar-refractivity contribution < 1.29 is 33.6 Å². The third-order valence-electron chi connectivity index (χ3n) is 5.29. The summed E-state index contributed by atoms with van der Waals surface area (Å²) in [5, 5.41) is 9.98. The number of carbonyl (C=O) groups excluding carboxylic acids is 1. The molecule has 2 aromatic rings. The van der Waals surface area contributed by atoms with Gasteiger partial charge >= 0.3 is 0 Å². The summed E-state index contributed by atoms with van der Waals surface area (Å²) in [4.78, 5) is 13.0. The average Bonchev–Trinajstić information content (AvgIpc) is 3.44. The van der Waals surface area contributed by atoms with Crippen LogP contribution >= 0.6 is 0 Å². The molecule has 3 atom stereocenters. The van der Waals surface area contributed by atoms with Gasteiger partial charge in [0.1, 0.15) is 0 Å². The summed E-state index contributed by atoms with van der Waals surface area (Å²) in [6, 6.07) is 10.7. The number of benzene rings is 2. The molecule has 0 aromatic heterocycles. The molecule has 7 nitrogen and oxygen atoms in total. The van der Waals surface area contributed by atoms with Crippen molar-refractivity contribution in [2.75, 3.05) is 26.8 Å². The molecule has 3 heterocycles. The predicted molar refractivity (Wildman–Crippen MR) is 92.2 cm³/mol. The molecule has 1 fully saturated rings. The molecule has 2 aromatic carbocycles. The van der Waals surface area contributed by atoms with Gasteiger partial charge < -0.3 is 28.8 Å². The molecule has 27 heavy (non-hydrogen) atoms. The molecule has 0 spiro atoms. The van der Waals surface area contributed by atoms with Gasteiger partial charge in [-0.25, -0.2) is 0 Å². The van der Waals surface area contributed by atoms with E-state index in [1.165, 1.54) is 0 Å². The lowest BCUT2D eigenvalue weighted by atomic mass is 9.83. The number of hydrogen-bond donors (Lipinski definition) is 1. The smallest absolute Gasteiger partial charge is 0.231 e. The second-order valence-electron chi connectivity index (χ2n) is 6.75. The van der Waals surface area contributed by atoms with Crippen molar-refractivity contribution in [3.63, 3.8) is 0 Å². The quantitative estimate of drug-likeness (QED) is 0.827. The molecular weight excluding hydrogens is 352 g/mol. The van der Waals surface area contributed by atoms with Crippen molar-refractivity contribution >= 4 is 5.78 Å². The van der Waals surface area contributed by atoms with Crippen molar-refractivity contribution in [1.29, 1.82) is 0 Å². The number of fused-ring (bicyclic) bond motifs is 2. The van der Waals surface area contributed by atoms with Crippen LogP contribution in [0, 0.1) is 11.8 Å². The molecule has 7 heteroatoms. The maximum Gasteiger partial charge on any atom is 0.231 e. The third kappa shape index (κ3) is 2.70. The standard InChI is InChI=1S/C20H18O7/c21-7-13-14(19(22)11-1-3-15-17(5-11)26-9-24-15)8-23-20(13)12-2-4-16-18(6-12)27-10-25-16/h1-6,13-14,20-21H,7-10H2/t13-,14-,20-/m0/s1. The molecule has 1 N–H and O–H groups in total. The highest BCUT2D eigenvalue weighted by atomic mass is 16.7. The first-order valence-electron chi connectivity index (χ1n) is 8.80. The lowest BCUT2D eigenvalue weighted by Crippen LogP contribution is -2.26. The molecule has 0 unspecified atom stereocenters. The molecular formula is C20H18O7. The highest BCUT2D eigenvalue weighted by Crippen LogP contribution is 2.43. The lowest BCUT2D eigenvalue weighted by molar-refractivity contribution is 0.0713. The van der Waals surface area contributed by atoms with E-state index in [0.717, 1.165) is 5.56 Å². The number of ketones is 1. The zero-order chi connectivity index (χ0) is 18.4. The Labute approximate surface area is 155 Å². The van der Waals surface area contributed by atoms with Gasteiger partial charge in [-0.1, -0.05) is 6.07 Å². The van der Waals surface area contributed by atoms with Gasteiger partial charge in [-0.3, -0.25) is 4.79 Å². The summed E-state index contributed by atoms with van der Waals surface area (Å²) >= 11 is 0. The average molecular weight is 370 g/mol.